The number of nitrogens with zero attached hydrogens (tertiary/aromatic N) is 2. The van der Waals surface area contributed by atoms with E-state index in [9.17, 15) is 4.79 Å². The van der Waals surface area contributed by atoms with Gasteiger partial charge in [0.05, 0.1) is 6.42 Å². The van der Waals surface area contributed by atoms with Crippen LogP contribution in [0.25, 0.3) is 10.8 Å². The van der Waals surface area contributed by atoms with Crippen LogP contribution in [-0.2, 0) is 17.6 Å². The molecule has 3 aromatic rings. The minimum Gasteiger partial charge on any atom is -0.300 e. The minimum absolute atomic E-state index is 0.0647. The molecule has 0 radical (unpaired) electrons. The van der Waals surface area contributed by atoms with Crippen LogP contribution in [0.15, 0.2) is 42.5 Å². The van der Waals surface area contributed by atoms with Crippen molar-refractivity contribution >= 4 is 33.1 Å². The first-order chi connectivity index (χ1) is 10.3. The second-order valence-corrected chi connectivity index (χ2v) is 5.78. The largest absolute Gasteiger partial charge is 0.300 e. The summed E-state index contributed by atoms with van der Waals surface area (Å²) in [7, 11) is 0. The molecule has 0 atom stereocenters. The van der Waals surface area contributed by atoms with Crippen LogP contribution in [0.1, 0.15) is 17.5 Å². The molecule has 0 fully saturated rings. The van der Waals surface area contributed by atoms with Gasteiger partial charge in [-0.2, -0.15) is 0 Å². The molecule has 0 unspecified atom stereocenters. The van der Waals surface area contributed by atoms with E-state index >= 15 is 0 Å². The Morgan fingerprint density at radius 2 is 1.95 bits per heavy atom. The van der Waals surface area contributed by atoms with Crippen molar-refractivity contribution in [3.8, 4) is 0 Å². The van der Waals surface area contributed by atoms with Crippen molar-refractivity contribution in [2.24, 2.45) is 0 Å². The molecule has 4 nitrogen and oxygen atoms in total. The maximum atomic E-state index is 12.2. The molecule has 2 aromatic carbocycles. The summed E-state index contributed by atoms with van der Waals surface area (Å²) in [6.07, 6.45) is 1.17. The van der Waals surface area contributed by atoms with Crippen LogP contribution in [0.2, 0.25) is 0 Å². The number of anilines is 1. The molecule has 5 heteroatoms. The van der Waals surface area contributed by atoms with E-state index in [4.69, 9.17) is 0 Å². The second-order valence-electron chi connectivity index (χ2n) is 4.72. The van der Waals surface area contributed by atoms with Gasteiger partial charge in [-0.25, -0.2) is 0 Å². The van der Waals surface area contributed by atoms with Crippen LogP contribution in [0, 0.1) is 0 Å². The summed E-state index contributed by atoms with van der Waals surface area (Å²) in [5, 5.41) is 14.5. The lowest BCUT2D eigenvalue weighted by molar-refractivity contribution is -0.115. The Bertz CT molecular complexity index is 777. The summed E-state index contributed by atoms with van der Waals surface area (Å²) in [6.45, 7) is 2.02. The summed E-state index contributed by atoms with van der Waals surface area (Å²) < 4.78 is 0. The van der Waals surface area contributed by atoms with E-state index in [0.29, 0.717) is 11.6 Å². The van der Waals surface area contributed by atoms with Gasteiger partial charge in [-0.05, 0) is 22.8 Å². The molecule has 0 saturated heterocycles. The Kier molecular flexibility index (Phi) is 3.92. The fourth-order valence-corrected chi connectivity index (χ4v) is 2.93. The van der Waals surface area contributed by atoms with E-state index in [0.717, 1.165) is 27.8 Å². The summed E-state index contributed by atoms with van der Waals surface area (Å²) in [5.41, 5.74) is 1.02. The van der Waals surface area contributed by atoms with Crippen LogP contribution in [0.5, 0.6) is 0 Å². The smallest absolute Gasteiger partial charge is 0.230 e. The summed E-state index contributed by atoms with van der Waals surface area (Å²) in [4.78, 5) is 12.2. The van der Waals surface area contributed by atoms with E-state index < -0.39 is 0 Å². The van der Waals surface area contributed by atoms with Crippen molar-refractivity contribution in [2.45, 2.75) is 19.8 Å². The predicted octanol–water partition coefficient (Wildman–Crippen LogP) is 3.43. The first-order valence-corrected chi connectivity index (χ1v) is 7.67. The fraction of sp³-hybridized carbons (Fsp3) is 0.188. The van der Waals surface area contributed by atoms with Gasteiger partial charge in [-0.1, -0.05) is 60.7 Å². The zero-order valence-electron chi connectivity index (χ0n) is 11.7. The van der Waals surface area contributed by atoms with Gasteiger partial charge < -0.3 is 5.32 Å². The zero-order chi connectivity index (χ0) is 14.7. The molecular weight excluding hydrogens is 282 g/mol. The molecule has 106 valence electrons. The maximum Gasteiger partial charge on any atom is 0.230 e. The number of rotatable bonds is 4. The lowest BCUT2D eigenvalue weighted by Crippen LogP contribution is -2.14. The Hall–Kier alpha value is -2.27. The molecule has 21 heavy (non-hydrogen) atoms. The highest BCUT2D eigenvalue weighted by molar-refractivity contribution is 7.15. The summed E-state index contributed by atoms with van der Waals surface area (Å²) in [6, 6.07) is 14.1. The van der Waals surface area contributed by atoms with Crippen molar-refractivity contribution in [3.05, 3.63) is 53.0 Å². The number of hydrogen-bond donors (Lipinski definition) is 1. The van der Waals surface area contributed by atoms with Gasteiger partial charge in [-0.3, -0.25) is 4.79 Å². The van der Waals surface area contributed by atoms with Crippen LogP contribution in [-0.4, -0.2) is 16.1 Å². The normalized spacial score (nSPS) is 10.7. The molecule has 1 heterocycles. The molecule has 0 saturated carbocycles. The quantitative estimate of drug-likeness (QED) is 0.802. The van der Waals surface area contributed by atoms with Gasteiger partial charge in [0.2, 0.25) is 11.0 Å². The molecular formula is C16H15N3OS. The SMILES string of the molecule is CCc1nnc(NC(=O)Cc2cccc3ccccc23)s1. The van der Waals surface area contributed by atoms with Gasteiger partial charge in [0.1, 0.15) is 5.01 Å². The third-order valence-electron chi connectivity index (χ3n) is 3.25. The summed E-state index contributed by atoms with van der Waals surface area (Å²) in [5.74, 6) is -0.0647. The van der Waals surface area contributed by atoms with Gasteiger partial charge >= 0.3 is 0 Å². The molecule has 0 aliphatic rings. The first-order valence-electron chi connectivity index (χ1n) is 6.85. The highest BCUT2D eigenvalue weighted by atomic mass is 32.1. The topological polar surface area (TPSA) is 54.9 Å². The molecule has 0 spiro atoms. The van der Waals surface area contributed by atoms with Crippen molar-refractivity contribution in [1.29, 1.82) is 0 Å². The zero-order valence-corrected chi connectivity index (χ0v) is 12.5. The minimum atomic E-state index is -0.0647. The number of carbonyl (C=O) groups excluding carboxylic acids is 1. The second kappa shape index (κ2) is 6.01. The number of aryl methyl sites for hydroxylation is 1. The standard InChI is InChI=1S/C16H15N3OS/c1-2-15-18-19-16(21-15)17-14(20)10-12-8-5-7-11-6-3-4-9-13(11)12/h3-9H,2,10H2,1H3,(H,17,19,20). The van der Waals surface area contributed by atoms with E-state index in [2.05, 4.69) is 27.6 Å². The number of aromatic nitrogens is 2. The number of fused-ring (bicyclic) bond motifs is 1. The molecule has 1 N–H and O–H groups in total. The van der Waals surface area contributed by atoms with E-state index in [-0.39, 0.29) is 5.91 Å². The Balaban J connectivity index is 1.77. The van der Waals surface area contributed by atoms with Gasteiger partial charge in [-0.15, -0.1) is 10.2 Å². The molecule has 1 amide bonds. The number of hydrogen-bond acceptors (Lipinski definition) is 4. The predicted molar refractivity (Wildman–Crippen MR) is 85.6 cm³/mol. The average Bonchev–Trinajstić information content (AvgIpc) is 2.95. The van der Waals surface area contributed by atoms with Gasteiger partial charge in [0.15, 0.2) is 0 Å². The van der Waals surface area contributed by atoms with E-state index in [1.54, 1.807) is 0 Å². The van der Waals surface area contributed by atoms with Crippen LogP contribution in [0.4, 0.5) is 5.13 Å². The fourth-order valence-electron chi connectivity index (χ4n) is 2.23. The number of amides is 1. The van der Waals surface area contributed by atoms with Crippen LogP contribution in [0.3, 0.4) is 0 Å². The lowest BCUT2D eigenvalue weighted by atomic mass is 10.0. The third-order valence-corrected chi connectivity index (χ3v) is 4.23. The van der Waals surface area contributed by atoms with Crippen molar-refractivity contribution in [1.82, 2.24) is 10.2 Å². The van der Waals surface area contributed by atoms with E-state index in [1.165, 1.54) is 11.3 Å². The molecule has 3 rings (SSSR count). The van der Waals surface area contributed by atoms with Crippen molar-refractivity contribution in [2.75, 3.05) is 5.32 Å². The third kappa shape index (κ3) is 3.08. The summed E-state index contributed by atoms with van der Waals surface area (Å²) >= 11 is 1.42. The van der Waals surface area contributed by atoms with Crippen LogP contribution >= 0.6 is 11.3 Å². The lowest BCUT2D eigenvalue weighted by Gasteiger charge is -2.06. The Labute approximate surface area is 126 Å². The number of benzene rings is 2. The number of nitrogens with one attached hydrogen (secondary N) is 1. The van der Waals surface area contributed by atoms with E-state index in [1.807, 2.05) is 37.3 Å². The highest BCUT2D eigenvalue weighted by Crippen LogP contribution is 2.20. The molecule has 0 bridgehead atoms. The Morgan fingerprint density at radius 3 is 2.76 bits per heavy atom. The monoisotopic (exact) mass is 297 g/mol. The van der Waals surface area contributed by atoms with Crippen molar-refractivity contribution in [3.63, 3.8) is 0 Å². The maximum absolute atomic E-state index is 12.2. The molecule has 1 aromatic heterocycles. The van der Waals surface area contributed by atoms with Crippen LogP contribution < -0.4 is 5.32 Å². The highest BCUT2D eigenvalue weighted by Gasteiger charge is 2.10. The number of carbonyl (C=O) groups is 1. The first kappa shape index (κ1) is 13.7. The van der Waals surface area contributed by atoms with Crippen molar-refractivity contribution < 1.29 is 4.79 Å². The average molecular weight is 297 g/mol. The molecule has 0 aliphatic heterocycles. The molecule has 0 aliphatic carbocycles. The van der Waals surface area contributed by atoms with Gasteiger partial charge in [0.25, 0.3) is 0 Å². The van der Waals surface area contributed by atoms with Gasteiger partial charge in [0, 0.05) is 0 Å². The Morgan fingerprint density at radius 1 is 1.14 bits per heavy atom.